The SMILES string of the molecule is Brc1ccc2oc3ccc(-c4cc(-c5nc6ccccc6n5-c5ccccc5)cc(-c5nc6ccccc6n5-c5ccccc5)c4)cc3c2c1.CC1(C)OB(c2ccc(-n3c4ccccc4c4ccccc43)cc2)OC1(C)C.c1ccc(-n2c(-c3cc(-c4ccc5oc6ccc(-c7ccc(-n8c9ccccc9c9ccccc98)cc7)cc6c5c4)cc(-c4nc5ccccc5n4-c4ccccc4)c3)nc3ccccc32)cc1. The first-order chi connectivity index (χ1) is 71.7. The van der Waals surface area contributed by atoms with Gasteiger partial charge >= 0.3 is 7.12 Å². The van der Waals surface area contributed by atoms with Crippen LogP contribution in [0.2, 0.25) is 0 Å². The van der Waals surface area contributed by atoms with E-state index in [0.29, 0.717) is 0 Å². The lowest BCUT2D eigenvalue weighted by Gasteiger charge is -2.32. The van der Waals surface area contributed by atoms with E-state index in [1.807, 2.05) is 36.4 Å². The number of aromatic nitrogens is 10. The van der Waals surface area contributed by atoms with Crippen LogP contribution in [0.1, 0.15) is 27.7 Å². The molecule has 1 aliphatic heterocycles. The molecule has 1 saturated heterocycles. The van der Waals surface area contributed by atoms with Crippen molar-refractivity contribution in [2.75, 3.05) is 0 Å². The summed E-state index contributed by atoms with van der Waals surface area (Å²) in [6.07, 6.45) is 0. The van der Waals surface area contributed by atoms with Crippen LogP contribution < -0.4 is 5.46 Å². The highest BCUT2D eigenvalue weighted by molar-refractivity contribution is 9.10. The fraction of sp³-hybridized carbons (Fsp3) is 0.0462. The van der Waals surface area contributed by atoms with Gasteiger partial charge in [-0.2, -0.15) is 0 Å². The van der Waals surface area contributed by atoms with Crippen LogP contribution in [0.25, 0.3) is 245 Å². The number of furan rings is 2. The van der Waals surface area contributed by atoms with E-state index in [4.69, 9.17) is 38.1 Å². The Morgan fingerprint density at radius 3 is 0.753 bits per heavy atom. The number of hydrogen-bond acceptors (Lipinski definition) is 8. The van der Waals surface area contributed by atoms with Crippen molar-refractivity contribution in [2.45, 2.75) is 38.9 Å². The number of imidazole rings is 4. The van der Waals surface area contributed by atoms with E-state index < -0.39 is 0 Å². The standard InChI is InChI=1S/C62H39N5O.C44H27BrN4O.C24H24BNO2/c1-3-15-46(16-4-1)66-57-25-13-9-21-53(57)63-61(66)44-35-43(36-45(37-44)62-64-54-22-10-14-26-58(54)67(62)47-17-5-2-6-18-47)42-30-34-60-52(39-42)51-38-41(29-33-59(51)68-60)40-27-31-48(32-28-40)65-55-23-11-7-19-49(55)50-20-8-12-24-56(50)65;45-32-20-22-42-36(27-32)35-26-28(19-21-41(35)50-42)29-23-30(43-46-37-15-7-9-17-39(37)48(43)33-11-3-1-4-12-33)25-31(24-29)44-47-38-16-8-10-18-40(38)49(44)34-13-5-2-6-14-34;1-23(2)24(3,4)28-25(27-23)17-13-15-18(16-14-17)26-21-11-7-5-9-19(21)20-10-6-8-12-22(20)26/h1-39H;1-27H;5-16H,1-4H3. The predicted molar refractivity (Wildman–Crippen MR) is 603 cm³/mol. The van der Waals surface area contributed by atoms with E-state index in [-0.39, 0.29) is 18.3 Å². The van der Waals surface area contributed by atoms with E-state index >= 15 is 0 Å². The molecular formula is C130H90BBrN10O4. The van der Waals surface area contributed by atoms with Crippen molar-refractivity contribution in [1.29, 1.82) is 0 Å². The number of para-hydroxylation sites is 16. The third-order valence-corrected chi connectivity index (χ3v) is 29.6. The Bertz CT molecular complexity index is 9590. The molecule has 0 N–H and O–H groups in total. The summed E-state index contributed by atoms with van der Waals surface area (Å²) in [6.45, 7) is 8.33. The first-order valence-corrected chi connectivity index (χ1v) is 50.1. The molecule has 1 fully saturated rings. The van der Waals surface area contributed by atoms with Gasteiger partial charge in [0.25, 0.3) is 0 Å². The lowest BCUT2D eigenvalue weighted by atomic mass is 9.79. The molecule has 1 aliphatic rings. The average molecular weight is 1950 g/mol. The van der Waals surface area contributed by atoms with E-state index in [9.17, 15) is 0 Å². The Balaban J connectivity index is 0.000000118. The Morgan fingerprint density at radius 2 is 0.438 bits per heavy atom. The summed E-state index contributed by atoms with van der Waals surface area (Å²) in [5.41, 5.74) is 33.5. The molecule has 29 rings (SSSR count). The van der Waals surface area contributed by atoms with E-state index in [1.54, 1.807) is 0 Å². The second kappa shape index (κ2) is 35.3. The summed E-state index contributed by atoms with van der Waals surface area (Å²) in [6, 6.07) is 166. The molecule has 146 heavy (non-hydrogen) atoms. The highest BCUT2D eigenvalue weighted by Crippen LogP contribution is 2.46. The Labute approximate surface area is 849 Å². The lowest BCUT2D eigenvalue weighted by Crippen LogP contribution is -2.41. The molecule has 0 radical (unpaired) electrons. The number of benzene rings is 20. The summed E-state index contributed by atoms with van der Waals surface area (Å²) < 4.78 is 39.9. The zero-order valence-electron chi connectivity index (χ0n) is 80.1. The van der Waals surface area contributed by atoms with E-state index in [1.165, 1.54) is 43.6 Å². The largest absolute Gasteiger partial charge is 0.494 e. The van der Waals surface area contributed by atoms with Crippen LogP contribution in [0.3, 0.4) is 0 Å². The van der Waals surface area contributed by atoms with Crippen LogP contribution in [-0.4, -0.2) is 65.7 Å². The highest BCUT2D eigenvalue weighted by atomic mass is 79.9. The van der Waals surface area contributed by atoms with Crippen LogP contribution >= 0.6 is 15.9 Å². The van der Waals surface area contributed by atoms with Gasteiger partial charge in [-0.25, -0.2) is 19.9 Å². The monoisotopic (exact) mass is 1940 g/mol. The minimum Gasteiger partial charge on any atom is -0.456 e. The van der Waals surface area contributed by atoms with Crippen molar-refractivity contribution in [2.24, 2.45) is 0 Å². The lowest BCUT2D eigenvalue weighted by molar-refractivity contribution is 0.00578. The molecule has 0 saturated carbocycles. The number of nitrogens with zero attached hydrogens (tertiary/aromatic N) is 10. The molecule has 8 aromatic heterocycles. The van der Waals surface area contributed by atoms with Gasteiger partial charge in [0.05, 0.1) is 77.4 Å². The second-order valence-corrected chi connectivity index (χ2v) is 39.3. The van der Waals surface area contributed by atoms with Crippen molar-refractivity contribution in [3.63, 3.8) is 0 Å². The maximum atomic E-state index is 6.54. The fourth-order valence-corrected chi connectivity index (χ4v) is 21.7. The molecule has 0 unspecified atom stereocenters. The minimum atomic E-state index is -0.336. The number of rotatable bonds is 14. The maximum absolute atomic E-state index is 6.54. The topological polar surface area (TPSA) is 126 Å². The summed E-state index contributed by atoms with van der Waals surface area (Å²) in [7, 11) is -0.336. The van der Waals surface area contributed by atoms with Gasteiger partial charge in [0.15, 0.2) is 0 Å². The van der Waals surface area contributed by atoms with Gasteiger partial charge in [0, 0.05) is 104 Å². The van der Waals surface area contributed by atoms with Crippen LogP contribution in [-0.2, 0) is 9.31 Å². The summed E-state index contributed by atoms with van der Waals surface area (Å²) >= 11 is 3.66. The maximum Gasteiger partial charge on any atom is 0.494 e. The quantitative estimate of drug-likeness (QED) is 0.0986. The van der Waals surface area contributed by atoms with E-state index in [0.717, 1.165) is 211 Å². The number of hydrogen-bond donors (Lipinski definition) is 0. The molecule has 0 spiro atoms. The van der Waals surface area contributed by atoms with Crippen molar-refractivity contribution in [3.8, 4) is 113 Å². The summed E-state index contributed by atoms with van der Waals surface area (Å²) in [4.78, 5) is 21.2. The normalized spacial score (nSPS) is 13.0. The number of fused-ring (bicyclic) bond motifs is 16. The molecule has 0 atom stereocenters. The second-order valence-electron chi connectivity index (χ2n) is 38.4. The zero-order chi connectivity index (χ0) is 97.4. The van der Waals surface area contributed by atoms with Gasteiger partial charge in [-0.15, -0.1) is 0 Å². The average Bonchev–Trinajstić information content (AvgIpc) is 1.59. The number of halogens is 1. The van der Waals surface area contributed by atoms with Gasteiger partial charge in [-0.1, -0.05) is 253 Å². The first-order valence-electron chi connectivity index (χ1n) is 49.3. The Morgan fingerprint density at radius 1 is 0.199 bits per heavy atom. The summed E-state index contributed by atoms with van der Waals surface area (Å²) in [5, 5.41) is 9.32. The van der Waals surface area contributed by atoms with Crippen LogP contribution in [0.4, 0.5) is 0 Å². The molecular weight excluding hydrogens is 1860 g/mol. The van der Waals surface area contributed by atoms with Gasteiger partial charge in [0.2, 0.25) is 0 Å². The summed E-state index contributed by atoms with van der Waals surface area (Å²) in [5.74, 6) is 3.43. The minimum absolute atomic E-state index is 0.330. The molecule has 0 bridgehead atoms. The fourth-order valence-electron chi connectivity index (χ4n) is 21.4. The predicted octanol–water partition coefficient (Wildman–Crippen LogP) is 33.1. The van der Waals surface area contributed by atoms with Crippen LogP contribution in [0.5, 0.6) is 0 Å². The van der Waals surface area contributed by atoms with Gasteiger partial charge in [0.1, 0.15) is 45.6 Å². The third kappa shape index (κ3) is 15.1. The first kappa shape index (κ1) is 87.0. The van der Waals surface area contributed by atoms with Crippen molar-refractivity contribution < 1.29 is 18.1 Å². The highest BCUT2D eigenvalue weighted by Gasteiger charge is 2.52. The Hall–Kier alpha value is -18.1. The molecule has 14 nitrogen and oxygen atoms in total. The van der Waals surface area contributed by atoms with Crippen molar-refractivity contribution >= 4 is 160 Å². The molecule has 0 aliphatic carbocycles. The van der Waals surface area contributed by atoms with Crippen LogP contribution in [0, 0.1) is 0 Å². The van der Waals surface area contributed by atoms with Crippen molar-refractivity contribution in [1.82, 2.24) is 47.3 Å². The molecule has 0 amide bonds. The Kier molecular flexibility index (Phi) is 21.0. The van der Waals surface area contributed by atoms with E-state index in [2.05, 4.69) is 508 Å². The smallest absolute Gasteiger partial charge is 0.456 e. The van der Waals surface area contributed by atoms with Gasteiger partial charge in [-0.3, -0.25) is 18.3 Å². The van der Waals surface area contributed by atoms with Gasteiger partial charge in [-0.05, 0) is 303 Å². The molecule has 694 valence electrons. The van der Waals surface area contributed by atoms with Gasteiger partial charge < -0.3 is 27.3 Å². The third-order valence-electron chi connectivity index (χ3n) is 29.1. The van der Waals surface area contributed by atoms with Crippen molar-refractivity contribution in [3.05, 3.63) is 478 Å². The molecule has 20 aromatic carbocycles. The van der Waals surface area contributed by atoms with Crippen LogP contribution in [0.15, 0.2) is 486 Å². The molecule has 16 heteroatoms. The molecule has 9 heterocycles. The zero-order valence-corrected chi connectivity index (χ0v) is 81.7. The molecule has 28 aromatic rings.